The smallest absolute Gasteiger partial charge is 0.331 e. The molecule has 0 rings (SSSR count). The van der Waals surface area contributed by atoms with E-state index in [0.717, 1.165) is 25.0 Å². The zero-order valence-corrected chi connectivity index (χ0v) is 8.77. The van der Waals surface area contributed by atoms with Crippen LogP contribution in [0.2, 0.25) is 0 Å². The Labute approximate surface area is 88.7 Å². The molecule has 0 bridgehead atoms. The van der Waals surface area contributed by atoms with Crippen molar-refractivity contribution in [3.05, 3.63) is 12.2 Å². The Morgan fingerprint density at radius 1 is 1.13 bits per heavy atom. The number of hydrogen-bond acceptors (Lipinski definition) is 5. The van der Waals surface area contributed by atoms with Crippen LogP contribution in [0.4, 0.5) is 0 Å². The molecule has 0 atom stereocenters. The van der Waals surface area contributed by atoms with Gasteiger partial charge in [0.2, 0.25) is 0 Å². The summed E-state index contributed by atoms with van der Waals surface area (Å²) in [4.78, 5) is 21.7. The highest BCUT2D eigenvalue weighted by atomic mass is 16.5. The molecule has 0 radical (unpaired) electrons. The maximum Gasteiger partial charge on any atom is 0.331 e. The molecule has 0 saturated carbocycles. The van der Waals surface area contributed by atoms with Crippen LogP contribution in [-0.2, 0) is 19.1 Å². The summed E-state index contributed by atoms with van der Waals surface area (Å²) in [6.07, 6.45) is 3.73. The molecular formula is C10H16O5. The van der Waals surface area contributed by atoms with Gasteiger partial charge in [0.15, 0.2) is 0 Å². The van der Waals surface area contributed by atoms with Crippen molar-refractivity contribution < 1.29 is 24.2 Å². The predicted octanol–water partition coefficient (Wildman–Crippen LogP) is 0.421. The topological polar surface area (TPSA) is 72.8 Å². The van der Waals surface area contributed by atoms with Crippen molar-refractivity contribution in [1.82, 2.24) is 0 Å². The molecule has 0 spiro atoms. The second kappa shape index (κ2) is 9.21. The van der Waals surface area contributed by atoms with Crippen LogP contribution < -0.4 is 0 Å². The van der Waals surface area contributed by atoms with Crippen LogP contribution in [0.1, 0.15) is 19.8 Å². The van der Waals surface area contributed by atoms with E-state index in [9.17, 15) is 9.59 Å². The van der Waals surface area contributed by atoms with Crippen molar-refractivity contribution >= 4 is 11.9 Å². The second-order valence-corrected chi connectivity index (χ2v) is 2.75. The summed E-state index contributed by atoms with van der Waals surface area (Å²) >= 11 is 0. The maximum absolute atomic E-state index is 10.9. The highest BCUT2D eigenvalue weighted by Gasteiger charge is 1.99. The molecule has 5 nitrogen and oxygen atoms in total. The Bertz CT molecular complexity index is 222. The van der Waals surface area contributed by atoms with Gasteiger partial charge in [-0.25, -0.2) is 9.59 Å². The predicted molar refractivity (Wildman–Crippen MR) is 53.1 cm³/mol. The Morgan fingerprint density at radius 3 is 2.13 bits per heavy atom. The van der Waals surface area contributed by atoms with E-state index in [1.54, 1.807) is 0 Å². The molecule has 0 aromatic rings. The van der Waals surface area contributed by atoms with E-state index in [4.69, 9.17) is 9.84 Å². The Morgan fingerprint density at radius 2 is 1.67 bits per heavy atom. The largest absolute Gasteiger partial charge is 0.463 e. The SMILES string of the molecule is CCCCOC(=O)/C=C\C(=O)OCCO. The van der Waals surface area contributed by atoms with E-state index in [0.29, 0.717) is 6.61 Å². The van der Waals surface area contributed by atoms with Gasteiger partial charge in [-0.3, -0.25) is 0 Å². The Balaban J connectivity index is 3.65. The highest BCUT2D eigenvalue weighted by Crippen LogP contribution is 1.90. The van der Waals surface area contributed by atoms with Crippen LogP contribution in [0, 0.1) is 0 Å². The van der Waals surface area contributed by atoms with E-state index in [1.807, 2.05) is 6.92 Å². The molecule has 0 aromatic heterocycles. The lowest BCUT2D eigenvalue weighted by atomic mass is 10.4. The van der Waals surface area contributed by atoms with Crippen LogP contribution in [0.5, 0.6) is 0 Å². The Hall–Kier alpha value is -1.36. The van der Waals surface area contributed by atoms with Crippen molar-refractivity contribution in [3.8, 4) is 0 Å². The monoisotopic (exact) mass is 216 g/mol. The fourth-order valence-corrected chi connectivity index (χ4v) is 0.696. The summed E-state index contributed by atoms with van der Waals surface area (Å²) in [6, 6.07) is 0. The zero-order valence-electron chi connectivity index (χ0n) is 8.77. The molecule has 1 N–H and O–H groups in total. The lowest BCUT2D eigenvalue weighted by Crippen LogP contribution is -2.07. The van der Waals surface area contributed by atoms with Gasteiger partial charge in [0.25, 0.3) is 0 Å². The number of esters is 2. The van der Waals surface area contributed by atoms with E-state index in [2.05, 4.69) is 4.74 Å². The maximum atomic E-state index is 10.9. The lowest BCUT2D eigenvalue weighted by Gasteiger charge is -1.99. The molecule has 86 valence electrons. The van der Waals surface area contributed by atoms with Gasteiger partial charge < -0.3 is 14.6 Å². The summed E-state index contributed by atoms with van der Waals surface area (Å²) in [5.41, 5.74) is 0. The standard InChI is InChI=1S/C10H16O5/c1-2-3-7-14-9(12)4-5-10(13)15-8-6-11/h4-5,11H,2-3,6-8H2,1H3/b5-4-. The molecule has 0 amide bonds. The first-order valence-corrected chi connectivity index (χ1v) is 4.83. The number of rotatable bonds is 7. The van der Waals surface area contributed by atoms with Gasteiger partial charge in [-0.15, -0.1) is 0 Å². The second-order valence-electron chi connectivity index (χ2n) is 2.75. The van der Waals surface area contributed by atoms with E-state index in [-0.39, 0.29) is 13.2 Å². The van der Waals surface area contributed by atoms with Crippen molar-refractivity contribution in [3.63, 3.8) is 0 Å². The number of aliphatic hydroxyl groups is 1. The molecule has 0 unspecified atom stereocenters. The van der Waals surface area contributed by atoms with Crippen LogP contribution in [-0.4, -0.2) is 36.9 Å². The average Bonchev–Trinajstić information content (AvgIpc) is 2.24. The first-order chi connectivity index (χ1) is 7.20. The third-order valence-electron chi connectivity index (χ3n) is 1.43. The fraction of sp³-hybridized carbons (Fsp3) is 0.600. The van der Waals surface area contributed by atoms with Gasteiger partial charge in [-0.05, 0) is 6.42 Å². The van der Waals surface area contributed by atoms with Crippen LogP contribution >= 0.6 is 0 Å². The number of carbonyl (C=O) groups is 2. The minimum Gasteiger partial charge on any atom is -0.463 e. The lowest BCUT2D eigenvalue weighted by molar-refractivity contribution is -0.141. The Kier molecular flexibility index (Phi) is 8.37. The van der Waals surface area contributed by atoms with Crippen molar-refractivity contribution in [2.24, 2.45) is 0 Å². The normalized spacial score (nSPS) is 10.3. The average molecular weight is 216 g/mol. The summed E-state index contributed by atoms with van der Waals surface area (Å²) in [7, 11) is 0. The molecule has 0 aliphatic rings. The molecular weight excluding hydrogens is 200 g/mol. The minimum absolute atomic E-state index is 0.0753. The van der Waals surface area contributed by atoms with Crippen molar-refractivity contribution in [2.75, 3.05) is 19.8 Å². The molecule has 0 aliphatic heterocycles. The van der Waals surface area contributed by atoms with Crippen molar-refractivity contribution in [2.45, 2.75) is 19.8 Å². The van der Waals surface area contributed by atoms with Crippen LogP contribution in [0.3, 0.4) is 0 Å². The van der Waals surface area contributed by atoms with Gasteiger partial charge in [-0.2, -0.15) is 0 Å². The van der Waals surface area contributed by atoms with Crippen LogP contribution in [0.25, 0.3) is 0 Å². The number of carbonyl (C=O) groups excluding carboxylic acids is 2. The number of ether oxygens (including phenoxy) is 2. The zero-order chi connectivity index (χ0) is 11.5. The van der Waals surface area contributed by atoms with Gasteiger partial charge in [-0.1, -0.05) is 13.3 Å². The molecule has 0 aliphatic carbocycles. The molecule has 0 fully saturated rings. The van der Waals surface area contributed by atoms with Gasteiger partial charge in [0.1, 0.15) is 6.61 Å². The summed E-state index contributed by atoms with van der Waals surface area (Å²) < 4.78 is 9.24. The molecule has 0 heterocycles. The number of aliphatic hydroxyl groups excluding tert-OH is 1. The number of hydrogen-bond donors (Lipinski definition) is 1. The quantitative estimate of drug-likeness (QED) is 0.379. The van der Waals surface area contributed by atoms with E-state index in [1.165, 1.54) is 0 Å². The van der Waals surface area contributed by atoms with Crippen LogP contribution in [0.15, 0.2) is 12.2 Å². The highest BCUT2D eigenvalue weighted by molar-refractivity contribution is 5.91. The van der Waals surface area contributed by atoms with Crippen molar-refractivity contribution in [1.29, 1.82) is 0 Å². The third-order valence-corrected chi connectivity index (χ3v) is 1.43. The minimum atomic E-state index is -0.670. The van der Waals surface area contributed by atoms with Gasteiger partial charge in [0, 0.05) is 12.2 Å². The molecule has 0 saturated heterocycles. The molecule has 0 aromatic carbocycles. The van der Waals surface area contributed by atoms with Gasteiger partial charge >= 0.3 is 11.9 Å². The van der Waals surface area contributed by atoms with Gasteiger partial charge in [0.05, 0.1) is 13.2 Å². The summed E-state index contributed by atoms with van der Waals surface area (Å²) in [5.74, 6) is -1.24. The van der Waals surface area contributed by atoms with E-state index >= 15 is 0 Å². The third kappa shape index (κ3) is 8.96. The molecule has 15 heavy (non-hydrogen) atoms. The number of unbranched alkanes of at least 4 members (excludes halogenated alkanes) is 1. The fourth-order valence-electron chi connectivity index (χ4n) is 0.696. The summed E-state index contributed by atoms with van der Waals surface area (Å²) in [6.45, 7) is 2.02. The first-order valence-electron chi connectivity index (χ1n) is 4.83. The molecule has 5 heteroatoms. The van der Waals surface area contributed by atoms with E-state index < -0.39 is 11.9 Å². The summed E-state index contributed by atoms with van der Waals surface area (Å²) in [5, 5.41) is 8.34. The first kappa shape index (κ1) is 13.6.